The van der Waals surface area contributed by atoms with Crippen LogP contribution in [-0.4, -0.2) is 70.7 Å². The third kappa shape index (κ3) is 6.62. The molecule has 0 radical (unpaired) electrons. The average molecular weight is 548 g/mol. The minimum Gasteiger partial charge on any atom is -0.349 e. The molecular formula is C24H30ClN7O4S. The zero-order valence-electron chi connectivity index (χ0n) is 20.8. The number of amides is 4. The predicted molar refractivity (Wildman–Crippen MR) is 139 cm³/mol. The molecule has 4 N–H and O–H groups in total. The van der Waals surface area contributed by atoms with Gasteiger partial charge in [0.25, 0.3) is 5.91 Å². The van der Waals surface area contributed by atoms with Crippen LogP contribution in [0, 0.1) is 5.92 Å². The van der Waals surface area contributed by atoms with Crippen LogP contribution in [0.1, 0.15) is 46.6 Å². The molecule has 37 heavy (non-hydrogen) atoms. The molecule has 0 spiro atoms. The number of thiazole rings is 1. The van der Waals surface area contributed by atoms with Crippen LogP contribution < -0.4 is 21.3 Å². The fourth-order valence-electron chi connectivity index (χ4n) is 4.59. The molecule has 4 amide bonds. The second-order valence-electron chi connectivity index (χ2n) is 9.59. The van der Waals surface area contributed by atoms with Crippen molar-refractivity contribution in [3.05, 3.63) is 38.9 Å². The topological polar surface area (TPSA) is 145 Å². The summed E-state index contributed by atoms with van der Waals surface area (Å²) < 4.78 is 0. The number of halogens is 1. The summed E-state index contributed by atoms with van der Waals surface area (Å²) in [6, 6.07) is 2.22. The number of nitrogens with one attached hydrogen (secondary N) is 4. The van der Waals surface area contributed by atoms with Gasteiger partial charge in [-0.1, -0.05) is 11.6 Å². The van der Waals surface area contributed by atoms with Crippen molar-refractivity contribution >= 4 is 52.4 Å². The minimum atomic E-state index is -0.888. The maximum absolute atomic E-state index is 13.2. The fourth-order valence-corrected chi connectivity index (χ4v) is 5.64. The summed E-state index contributed by atoms with van der Waals surface area (Å²) >= 11 is 7.15. The lowest BCUT2D eigenvalue weighted by Crippen LogP contribution is -2.57. The summed E-state index contributed by atoms with van der Waals surface area (Å²) in [5.41, 5.74) is 0.919. The maximum Gasteiger partial charge on any atom is 0.314 e. The second-order valence-corrected chi connectivity index (χ2v) is 11.1. The fraction of sp³-hybridized carbons (Fsp3) is 0.500. The van der Waals surface area contributed by atoms with E-state index in [2.05, 4.69) is 38.2 Å². The van der Waals surface area contributed by atoms with Crippen molar-refractivity contribution < 1.29 is 19.2 Å². The van der Waals surface area contributed by atoms with Gasteiger partial charge < -0.3 is 26.2 Å². The van der Waals surface area contributed by atoms with E-state index < -0.39 is 23.9 Å². The number of anilines is 1. The Morgan fingerprint density at radius 1 is 1.11 bits per heavy atom. The third-order valence-corrected chi connectivity index (χ3v) is 7.85. The highest BCUT2D eigenvalue weighted by Crippen LogP contribution is 2.28. The summed E-state index contributed by atoms with van der Waals surface area (Å²) in [5, 5.41) is 12.2. The van der Waals surface area contributed by atoms with Crippen molar-refractivity contribution in [3.63, 3.8) is 0 Å². The minimum absolute atomic E-state index is 0.0413. The highest BCUT2D eigenvalue weighted by Gasteiger charge is 2.37. The summed E-state index contributed by atoms with van der Waals surface area (Å²) in [4.78, 5) is 62.0. The molecule has 1 fully saturated rings. The lowest BCUT2D eigenvalue weighted by molar-refractivity contribution is -0.137. The number of carbonyl (C=O) groups is 4. The van der Waals surface area contributed by atoms with Gasteiger partial charge in [-0.05, 0) is 38.3 Å². The van der Waals surface area contributed by atoms with E-state index in [-0.39, 0.29) is 29.6 Å². The van der Waals surface area contributed by atoms with Gasteiger partial charge in [0.2, 0.25) is 5.91 Å². The molecule has 1 aliphatic heterocycles. The first-order valence-electron chi connectivity index (χ1n) is 12.1. The van der Waals surface area contributed by atoms with Gasteiger partial charge in [0.1, 0.15) is 5.82 Å². The highest BCUT2D eigenvalue weighted by molar-refractivity contribution is 7.13. The molecule has 3 heterocycles. The van der Waals surface area contributed by atoms with Crippen LogP contribution in [0.15, 0.2) is 18.3 Å². The Morgan fingerprint density at radius 3 is 2.59 bits per heavy atom. The number of pyridine rings is 1. The van der Waals surface area contributed by atoms with Gasteiger partial charge in [0, 0.05) is 56.1 Å². The molecular weight excluding hydrogens is 518 g/mol. The molecule has 2 aromatic heterocycles. The number of nitrogens with zero attached hydrogens (tertiary/aromatic N) is 3. The SMILES string of the molecule is CC1Cc2nc(C(=O)N[C@H]3C[C@@H](C(=O)N(C)C)CC[C@@H]3NC(=O)C(=O)Nc3ccc(Cl)cn3)sc2CN1. The molecule has 1 aliphatic carbocycles. The van der Waals surface area contributed by atoms with Gasteiger partial charge in [0.05, 0.1) is 16.8 Å². The largest absolute Gasteiger partial charge is 0.349 e. The Morgan fingerprint density at radius 2 is 1.89 bits per heavy atom. The molecule has 2 aromatic rings. The summed E-state index contributed by atoms with van der Waals surface area (Å²) in [6.45, 7) is 2.74. The van der Waals surface area contributed by atoms with Crippen LogP contribution in [-0.2, 0) is 27.3 Å². The Kier molecular flexibility index (Phi) is 8.40. The zero-order chi connectivity index (χ0) is 26.7. The first-order chi connectivity index (χ1) is 17.6. The van der Waals surface area contributed by atoms with Crippen molar-refractivity contribution in [2.75, 3.05) is 19.4 Å². The molecule has 4 rings (SSSR count). The predicted octanol–water partition coefficient (Wildman–Crippen LogP) is 1.34. The van der Waals surface area contributed by atoms with E-state index >= 15 is 0 Å². The van der Waals surface area contributed by atoms with Crippen LogP contribution in [0.3, 0.4) is 0 Å². The van der Waals surface area contributed by atoms with Crippen LogP contribution in [0.5, 0.6) is 0 Å². The van der Waals surface area contributed by atoms with Gasteiger partial charge >= 0.3 is 11.8 Å². The Labute approximate surface area is 223 Å². The van der Waals surface area contributed by atoms with E-state index in [1.54, 1.807) is 20.2 Å². The zero-order valence-corrected chi connectivity index (χ0v) is 22.4. The first kappa shape index (κ1) is 27.0. The highest BCUT2D eigenvalue weighted by atomic mass is 35.5. The number of hydrogen-bond donors (Lipinski definition) is 4. The van der Waals surface area contributed by atoms with Crippen molar-refractivity contribution in [2.45, 2.75) is 57.3 Å². The molecule has 13 heteroatoms. The van der Waals surface area contributed by atoms with Crippen LogP contribution in [0.2, 0.25) is 5.02 Å². The monoisotopic (exact) mass is 547 g/mol. The van der Waals surface area contributed by atoms with E-state index in [4.69, 9.17) is 11.6 Å². The van der Waals surface area contributed by atoms with E-state index in [0.717, 1.165) is 17.0 Å². The van der Waals surface area contributed by atoms with Crippen molar-refractivity contribution in [2.24, 2.45) is 5.92 Å². The average Bonchev–Trinajstić information content (AvgIpc) is 3.29. The molecule has 0 bridgehead atoms. The third-order valence-electron chi connectivity index (χ3n) is 6.53. The molecule has 2 aliphatic rings. The second kappa shape index (κ2) is 11.5. The van der Waals surface area contributed by atoms with Gasteiger partial charge in [-0.15, -0.1) is 11.3 Å². The van der Waals surface area contributed by atoms with Gasteiger partial charge in [-0.25, -0.2) is 9.97 Å². The summed E-state index contributed by atoms with van der Waals surface area (Å²) in [6.07, 6.45) is 3.37. The number of fused-ring (bicyclic) bond motifs is 1. The van der Waals surface area contributed by atoms with E-state index in [1.165, 1.54) is 28.5 Å². The number of rotatable bonds is 5. The van der Waals surface area contributed by atoms with Crippen LogP contribution >= 0.6 is 22.9 Å². The Bertz CT molecular complexity index is 1190. The van der Waals surface area contributed by atoms with Crippen LogP contribution in [0.4, 0.5) is 5.82 Å². The molecule has 11 nitrogen and oxygen atoms in total. The van der Waals surface area contributed by atoms with Crippen molar-refractivity contribution in [1.29, 1.82) is 0 Å². The van der Waals surface area contributed by atoms with Crippen LogP contribution in [0.25, 0.3) is 0 Å². The van der Waals surface area contributed by atoms with Gasteiger partial charge in [-0.2, -0.15) is 0 Å². The number of hydrogen-bond acceptors (Lipinski definition) is 8. The lowest BCUT2D eigenvalue weighted by Gasteiger charge is -2.37. The van der Waals surface area contributed by atoms with E-state index in [1.807, 2.05) is 0 Å². The molecule has 1 saturated carbocycles. The Hall–Kier alpha value is -3.09. The maximum atomic E-state index is 13.2. The van der Waals surface area contributed by atoms with Crippen molar-refractivity contribution in [3.8, 4) is 0 Å². The quantitative estimate of drug-likeness (QED) is 0.413. The summed E-state index contributed by atoms with van der Waals surface area (Å²) in [7, 11) is 3.38. The summed E-state index contributed by atoms with van der Waals surface area (Å²) in [5.74, 6) is -2.27. The smallest absolute Gasteiger partial charge is 0.314 e. The molecule has 4 atom stereocenters. The standard InChI is InChI=1S/C24H30ClN7O4S/c1-12-8-17-18(11-26-12)37-23(30-17)22(35)29-16-9-13(24(36)32(2)3)4-6-15(16)28-20(33)21(34)31-19-7-5-14(25)10-27-19/h5,7,10,12-13,15-16,26H,4,6,8-9,11H2,1-3H3,(H,28,33)(H,29,35)(H,27,31,34)/t12?,13-,15-,16-/m0/s1. The van der Waals surface area contributed by atoms with E-state index in [0.29, 0.717) is 35.8 Å². The lowest BCUT2D eigenvalue weighted by atomic mass is 9.81. The molecule has 0 aromatic carbocycles. The molecule has 0 saturated heterocycles. The van der Waals surface area contributed by atoms with E-state index in [9.17, 15) is 19.2 Å². The Balaban J connectivity index is 1.45. The number of aromatic nitrogens is 2. The normalized spacial score (nSPS) is 22.9. The molecule has 198 valence electrons. The van der Waals surface area contributed by atoms with Gasteiger partial charge in [0.15, 0.2) is 5.01 Å². The van der Waals surface area contributed by atoms with Gasteiger partial charge in [-0.3, -0.25) is 19.2 Å². The van der Waals surface area contributed by atoms with Crippen molar-refractivity contribution in [1.82, 2.24) is 30.8 Å². The molecule has 1 unspecified atom stereocenters. The first-order valence-corrected chi connectivity index (χ1v) is 13.3. The number of carbonyl (C=O) groups excluding carboxylic acids is 4.